The van der Waals surface area contributed by atoms with Gasteiger partial charge >= 0.3 is 5.97 Å². The van der Waals surface area contributed by atoms with Gasteiger partial charge in [0.1, 0.15) is 0 Å². The first kappa shape index (κ1) is 15.7. The Kier molecular flexibility index (Phi) is 4.43. The zero-order valence-corrected chi connectivity index (χ0v) is 13.2. The molecule has 0 aliphatic carbocycles. The maximum absolute atomic E-state index is 12.6. The van der Waals surface area contributed by atoms with Crippen LogP contribution in [0.1, 0.15) is 36.5 Å². The summed E-state index contributed by atoms with van der Waals surface area (Å²) in [5.74, 6) is -0.760. The lowest BCUT2D eigenvalue weighted by Gasteiger charge is -2.21. The number of rotatable bonds is 4. The van der Waals surface area contributed by atoms with Gasteiger partial charge in [-0.25, -0.2) is 9.69 Å². The van der Waals surface area contributed by atoms with Crippen molar-refractivity contribution < 1.29 is 19.1 Å². The topological polar surface area (TPSA) is 66.9 Å². The van der Waals surface area contributed by atoms with Gasteiger partial charge in [0, 0.05) is 0 Å². The molecule has 0 saturated carbocycles. The predicted octanol–water partition coefficient (Wildman–Crippen LogP) is 1.59. The number of carbonyl (C=O) groups excluding carboxylic acids is 3. The van der Waals surface area contributed by atoms with Gasteiger partial charge in [0.05, 0.1) is 30.3 Å². The van der Waals surface area contributed by atoms with Gasteiger partial charge < -0.3 is 4.74 Å². The second-order valence-corrected chi connectivity index (χ2v) is 5.80. The van der Waals surface area contributed by atoms with Crippen molar-refractivity contribution in [3.05, 3.63) is 29.8 Å². The van der Waals surface area contributed by atoms with Crippen molar-refractivity contribution in [2.24, 2.45) is 0 Å². The summed E-state index contributed by atoms with van der Waals surface area (Å²) < 4.78 is 4.93. The van der Waals surface area contributed by atoms with Crippen molar-refractivity contribution in [1.82, 2.24) is 4.90 Å². The fraction of sp³-hybridized carbons (Fsp3) is 0.471. The summed E-state index contributed by atoms with van der Waals surface area (Å²) in [7, 11) is 0. The summed E-state index contributed by atoms with van der Waals surface area (Å²) >= 11 is 0. The molecule has 1 aromatic carbocycles. The van der Waals surface area contributed by atoms with Gasteiger partial charge in [0.15, 0.2) is 0 Å². The summed E-state index contributed by atoms with van der Waals surface area (Å²) in [6, 6.07) is 6.06. The quantitative estimate of drug-likeness (QED) is 0.623. The van der Waals surface area contributed by atoms with Crippen LogP contribution >= 0.6 is 0 Å². The molecule has 1 atom stereocenters. The van der Waals surface area contributed by atoms with E-state index in [4.69, 9.17) is 4.74 Å². The molecule has 0 N–H and O–H groups in total. The average molecular weight is 316 g/mol. The minimum absolute atomic E-state index is 0.166. The fourth-order valence-electron chi connectivity index (χ4n) is 3.19. The van der Waals surface area contributed by atoms with Crippen molar-refractivity contribution in [2.45, 2.75) is 32.2 Å². The number of esters is 1. The molecule has 0 aromatic heterocycles. The van der Waals surface area contributed by atoms with Gasteiger partial charge in [-0.2, -0.15) is 0 Å². The molecule has 0 bridgehead atoms. The highest BCUT2D eigenvalue weighted by molar-refractivity contribution is 6.22. The number of ether oxygens (including phenoxy) is 1. The SMILES string of the molecule is CCOC(=O)c1ccc(N2C(=O)C[C@@H](N3CCCC3)C2=O)cc1. The van der Waals surface area contributed by atoms with E-state index in [1.54, 1.807) is 31.2 Å². The van der Waals surface area contributed by atoms with E-state index in [0.29, 0.717) is 17.9 Å². The van der Waals surface area contributed by atoms with E-state index in [2.05, 4.69) is 4.90 Å². The molecule has 6 heteroatoms. The van der Waals surface area contributed by atoms with Crippen LogP contribution in [-0.2, 0) is 14.3 Å². The molecule has 2 heterocycles. The van der Waals surface area contributed by atoms with Gasteiger partial charge in [-0.1, -0.05) is 0 Å². The predicted molar refractivity (Wildman–Crippen MR) is 84.1 cm³/mol. The number of carbonyl (C=O) groups is 3. The largest absolute Gasteiger partial charge is 0.462 e. The summed E-state index contributed by atoms with van der Waals surface area (Å²) in [5, 5.41) is 0. The molecule has 122 valence electrons. The van der Waals surface area contributed by atoms with Crippen molar-refractivity contribution in [1.29, 1.82) is 0 Å². The molecule has 23 heavy (non-hydrogen) atoms. The standard InChI is InChI=1S/C17H20N2O4/c1-2-23-17(22)12-5-7-13(8-6-12)19-15(20)11-14(16(19)21)18-9-3-4-10-18/h5-8,14H,2-4,9-11H2,1H3/t14-/m1/s1. The van der Waals surface area contributed by atoms with Crippen molar-refractivity contribution >= 4 is 23.5 Å². The lowest BCUT2D eigenvalue weighted by Crippen LogP contribution is -2.40. The van der Waals surface area contributed by atoms with Crippen LogP contribution < -0.4 is 4.90 Å². The Bertz CT molecular complexity index is 620. The Morgan fingerprint density at radius 3 is 2.43 bits per heavy atom. The zero-order chi connectivity index (χ0) is 16.4. The minimum Gasteiger partial charge on any atom is -0.462 e. The summed E-state index contributed by atoms with van der Waals surface area (Å²) in [6.45, 7) is 3.80. The van der Waals surface area contributed by atoms with Crippen LogP contribution in [-0.4, -0.2) is 48.4 Å². The second kappa shape index (κ2) is 6.50. The number of amides is 2. The highest BCUT2D eigenvalue weighted by Gasteiger charge is 2.43. The van der Waals surface area contributed by atoms with Crippen LogP contribution in [0.15, 0.2) is 24.3 Å². The molecule has 1 aromatic rings. The Balaban J connectivity index is 1.77. The molecule has 2 aliphatic rings. The number of hydrogen-bond donors (Lipinski definition) is 0. The molecule has 2 aliphatic heterocycles. The second-order valence-electron chi connectivity index (χ2n) is 5.80. The molecule has 2 saturated heterocycles. The van der Waals surface area contributed by atoms with E-state index >= 15 is 0 Å². The van der Waals surface area contributed by atoms with Crippen LogP contribution in [0.4, 0.5) is 5.69 Å². The highest BCUT2D eigenvalue weighted by atomic mass is 16.5. The Labute approximate surface area is 135 Å². The van der Waals surface area contributed by atoms with E-state index < -0.39 is 5.97 Å². The highest BCUT2D eigenvalue weighted by Crippen LogP contribution is 2.27. The van der Waals surface area contributed by atoms with Crippen LogP contribution in [0.25, 0.3) is 0 Å². The molecule has 3 rings (SSSR count). The maximum atomic E-state index is 12.6. The number of benzene rings is 1. The van der Waals surface area contributed by atoms with Crippen molar-refractivity contribution in [3.63, 3.8) is 0 Å². The van der Waals surface area contributed by atoms with Crippen LogP contribution in [0.2, 0.25) is 0 Å². The third-order valence-electron chi connectivity index (χ3n) is 4.34. The summed E-state index contributed by atoms with van der Waals surface area (Å²) in [5.41, 5.74) is 0.917. The molecule has 6 nitrogen and oxygen atoms in total. The third kappa shape index (κ3) is 2.99. The summed E-state index contributed by atoms with van der Waals surface area (Å²) in [6.07, 6.45) is 2.39. The minimum atomic E-state index is -0.409. The van der Waals surface area contributed by atoms with E-state index in [-0.39, 0.29) is 24.3 Å². The van der Waals surface area contributed by atoms with Crippen LogP contribution in [0, 0.1) is 0 Å². The lowest BCUT2D eigenvalue weighted by molar-refractivity contribution is -0.122. The monoisotopic (exact) mass is 316 g/mol. The molecule has 2 amide bonds. The smallest absolute Gasteiger partial charge is 0.338 e. The molecular formula is C17H20N2O4. The van der Waals surface area contributed by atoms with Gasteiger partial charge in [0.25, 0.3) is 5.91 Å². The Hall–Kier alpha value is -2.21. The Morgan fingerprint density at radius 1 is 1.17 bits per heavy atom. The molecule has 2 fully saturated rings. The van der Waals surface area contributed by atoms with Crippen LogP contribution in [0.5, 0.6) is 0 Å². The van der Waals surface area contributed by atoms with E-state index in [1.165, 1.54) is 4.90 Å². The van der Waals surface area contributed by atoms with Gasteiger partial charge in [0.2, 0.25) is 5.91 Å². The van der Waals surface area contributed by atoms with Crippen LogP contribution in [0.3, 0.4) is 0 Å². The van der Waals surface area contributed by atoms with Gasteiger partial charge in [-0.05, 0) is 57.1 Å². The molecule has 0 radical (unpaired) electrons. The van der Waals surface area contributed by atoms with Crippen molar-refractivity contribution in [2.75, 3.05) is 24.6 Å². The molecular weight excluding hydrogens is 296 g/mol. The maximum Gasteiger partial charge on any atom is 0.338 e. The normalized spacial score (nSPS) is 22.0. The van der Waals surface area contributed by atoms with E-state index in [9.17, 15) is 14.4 Å². The zero-order valence-electron chi connectivity index (χ0n) is 13.2. The first-order chi connectivity index (χ1) is 11.1. The third-order valence-corrected chi connectivity index (χ3v) is 4.34. The van der Waals surface area contributed by atoms with Crippen molar-refractivity contribution in [3.8, 4) is 0 Å². The fourth-order valence-corrected chi connectivity index (χ4v) is 3.19. The Morgan fingerprint density at radius 2 is 1.83 bits per heavy atom. The number of anilines is 1. The average Bonchev–Trinajstić information content (AvgIpc) is 3.16. The van der Waals surface area contributed by atoms with Gasteiger partial charge in [-0.3, -0.25) is 14.5 Å². The van der Waals surface area contributed by atoms with E-state index in [0.717, 1.165) is 25.9 Å². The van der Waals surface area contributed by atoms with E-state index in [1.807, 2.05) is 0 Å². The first-order valence-corrected chi connectivity index (χ1v) is 8.00. The molecule has 0 spiro atoms. The number of nitrogens with zero attached hydrogens (tertiary/aromatic N) is 2. The number of likely N-dealkylation sites (tertiary alicyclic amines) is 1. The molecule has 0 unspecified atom stereocenters. The lowest BCUT2D eigenvalue weighted by atomic mass is 10.2. The number of imide groups is 1. The van der Waals surface area contributed by atoms with Gasteiger partial charge in [-0.15, -0.1) is 0 Å². The number of hydrogen-bond acceptors (Lipinski definition) is 5. The summed E-state index contributed by atoms with van der Waals surface area (Å²) in [4.78, 5) is 39.8. The first-order valence-electron chi connectivity index (χ1n) is 8.00.